The van der Waals surface area contributed by atoms with Gasteiger partial charge in [0.05, 0.1) is 18.6 Å². The van der Waals surface area contributed by atoms with Crippen molar-refractivity contribution in [2.75, 3.05) is 45.3 Å². The van der Waals surface area contributed by atoms with Gasteiger partial charge in [-0.25, -0.2) is 24.9 Å². The van der Waals surface area contributed by atoms with Crippen molar-refractivity contribution in [1.29, 1.82) is 0 Å². The molecule has 4 heterocycles. The lowest BCUT2D eigenvalue weighted by molar-refractivity contribution is -0.140. The second-order valence-corrected chi connectivity index (χ2v) is 8.23. The highest BCUT2D eigenvalue weighted by molar-refractivity contribution is 5.83. The number of piperidine rings is 1. The van der Waals surface area contributed by atoms with Gasteiger partial charge in [-0.1, -0.05) is 0 Å². The Morgan fingerprint density at radius 1 is 1.18 bits per heavy atom. The van der Waals surface area contributed by atoms with E-state index in [1.807, 2.05) is 18.0 Å². The van der Waals surface area contributed by atoms with Crippen molar-refractivity contribution >= 4 is 17.0 Å². The maximum Gasteiger partial charge on any atom is 0.406 e. The number of hydrogen-bond acceptors (Lipinski definition) is 8. The second kappa shape index (κ2) is 9.96. The van der Waals surface area contributed by atoms with Gasteiger partial charge in [-0.2, -0.15) is 13.2 Å². The first-order valence-electron chi connectivity index (χ1n) is 10.8. The lowest BCUT2D eigenvalue weighted by atomic mass is 9.95. The predicted molar refractivity (Wildman–Crippen MR) is 116 cm³/mol. The van der Waals surface area contributed by atoms with Crippen LogP contribution in [-0.4, -0.2) is 81.0 Å². The highest BCUT2D eigenvalue weighted by Gasteiger charge is 2.31. The van der Waals surface area contributed by atoms with Gasteiger partial charge in [-0.15, -0.1) is 0 Å². The number of nitrogens with zero attached hydrogens (tertiary/aromatic N) is 8. The Morgan fingerprint density at radius 2 is 1.97 bits per heavy atom. The van der Waals surface area contributed by atoms with Crippen LogP contribution in [0.3, 0.4) is 0 Å². The topological polar surface area (TPSA) is 85.1 Å². The average molecular weight is 464 g/mol. The Bertz CT molecular complexity index is 1050. The number of likely N-dealkylation sites (N-methyl/N-ethyl adjacent to an activating group) is 1. The lowest BCUT2D eigenvalue weighted by Gasteiger charge is -2.31. The molecule has 3 aromatic rings. The lowest BCUT2D eigenvalue weighted by Crippen LogP contribution is -2.33. The molecule has 1 aliphatic rings. The number of ether oxygens (including phenoxy) is 1. The Balaban J connectivity index is 1.58. The first-order valence-corrected chi connectivity index (χ1v) is 10.8. The maximum absolute atomic E-state index is 13.1. The van der Waals surface area contributed by atoms with Crippen LogP contribution in [0.1, 0.15) is 30.3 Å². The van der Waals surface area contributed by atoms with Crippen LogP contribution >= 0.6 is 0 Å². The van der Waals surface area contributed by atoms with E-state index in [4.69, 9.17) is 9.72 Å². The fourth-order valence-electron chi connectivity index (χ4n) is 4.03. The molecule has 1 fully saturated rings. The normalized spacial score (nSPS) is 15.9. The van der Waals surface area contributed by atoms with Crippen molar-refractivity contribution in [3.05, 3.63) is 36.4 Å². The summed E-state index contributed by atoms with van der Waals surface area (Å²) >= 11 is 0. The average Bonchev–Trinajstić information content (AvgIpc) is 3.19. The van der Waals surface area contributed by atoms with E-state index in [1.54, 1.807) is 13.3 Å². The van der Waals surface area contributed by atoms with Crippen LogP contribution in [-0.2, 0) is 17.8 Å². The SMILES string of the molecule is COCCN(C)c1nc(C2CCN(Cc3ccncn3)CC2)nc2c1ncn2CC(F)(F)F. The zero-order valence-corrected chi connectivity index (χ0v) is 18.7. The summed E-state index contributed by atoms with van der Waals surface area (Å²) < 4.78 is 45.6. The van der Waals surface area contributed by atoms with Gasteiger partial charge < -0.3 is 14.2 Å². The zero-order chi connectivity index (χ0) is 23.4. The molecule has 0 saturated carbocycles. The smallest absolute Gasteiger partial charge is 0.383 e. The molecule has 0 atom stereocenters. The molecule has 0 aromatic carbocycles. The quantitative estimate of drug-likeness (QED) is 0.503. The summed E-state index contributed by atoms with van der Waals surface area (Å²) in [5, 5.41) is 0. The Hall–Kier alpha value is -2.86. The van der Waals surface area contributed by atoms with Gasteiger partial charge in [0.25, 0.3) is 0 Å². The number of anilines is 1. The Labute approximate surface area is 189 Å². The van der Waals surface area contributed by atoms with Gasteiger partial charge >= 0.3 is 6.18 Å². The van der Waals surface area contributed by atoms with Crippen LogP contribution in [0.2, 0.25) is 0 Å². The number of likely N-dealkylation sites (tertiary alicyclic amines) is 1. The summed E-state index contributed by atoms with van der Waals surface area (Å²) in [7, 11) is 3.43. The van der Waals surface area contributed by atoms with Gasteiger partial charge in [0.15, 0.2) is 17.0 Å². The summed E-state index contributed by atoms with van der Waals surface area (Å²) in [6.45, 7) is 2.24. The van der Waals surface area contributed by atoms with Crippen molar-refractivity contribution in [1.82, 2.24) is 34.4 Å². The number of alkyl halides is 3. The summed E-state index contributed by atoms with van der Waals surface area (Å²) in [6.07, 6.45) is 1.71. The molecule has 0 N–H and O–H groups in total. The fraction of sp³-hybridized carbons (Fsp3) is 0.571. The fourth-order valence-corrected chi connectivity index (χ4v) is 4.03. The van der Waals surface area contributed by atoms with Gasteiger partial charge in [0.2, 0.25) is 0 Å². The van der Waals surface area contributed by atoms with Crippen molar-refractivity contribution < 1.29 is 17.9 Å². The minimum Gasteiger partial charge on any atom is -0.383 e. The number of halogens is 3. The van der Waals surface area contributed by atoms with Crippen molar-refractivity contribution in [2.45, 2.75) is 38.0 Å². The molecule has 1 saturated heterocycles. The minimum atomic E-state index is -4.37. The number of rotatable bonds is 8. The van der Waals surface area contributed by atoms with E-state index in [9.17, 15) is 13.2 Å². The van der Waals surface area contributed by atoms with Crippen LogP contribution in [0.5, 0.6) is 0 Å². The summed E-state index contributed by atoms with van der Waals surface area (Å²) in [5.74, 6) is 1.14. The van der Waals surface area contributed by atoms with Crippen LogP contribution in [0.25, 0.3) is 11.2 Å². The van der Waals surface area contributed by atoms with E-state index in [0.29, 0.717) is 30.3 Å². The second-order valence-electron chi connectivity index (χ2n) is 8.23. The zero-order valence-electron chi connectivity index (χ0n) is 18.7. The first-order chi connectivity index (χ1) is 15.8. The molecule has 0 spiro atoms. The molecule has 3 aromatic heterocycles. The highest BCUT2D eigenvalue weighted by atomic mass is 19.4. The van der Waals surface area contributed by atoms with E-state index >= 15 is 0 Å². The number of imidazole rings is 1. The van der Waals surface area contributed by atoms with Gasteiger partial charge in [-0.05, 0) is 32.0 Å². The molecule has 0 radical (unpaired) electrons. The molecule has 0 unspecified atom stereocenters. The minimum absolute atomic E-state index is 0.0554. The van der Waals surface area contributed by atoms with E-state index in [2.05, 4.69) is 24.8 Å². The molecular formula is C21H27F3N8O. The van der Waals surface area contributed by atoms with Gasteiger partial charge in [-0.3, -0.25) is 4.90 Å². The molecule has 33 heavy (non-hydrogen) atoms. The number of methoxy groups -OCH3 is 1. The highest BCUT2D eigenvalue weighted by Crippen LogP contribution is 2.31. The maximum atomic E-state index is 13.1. The molecule has 178 valence electrons. The third-order valence-electron chi connectivity index (χ3n) is 5.79. The van der Waals surface area contributed by atoms with E-state index in [0.717, 1.165) is 42.7 Å². The number of fused-ring (bicyclic) bond motifs is 1. The monoisotopic (exact) mass is 464 g/mol. The van der Waals surface area contributed by atoms with E-state index in [-0.39, 0.29) is 11.6 Å². The Kier molecular flexibility index (Phi) is 7.03. The third-order valence-corrected chi connectivity index (χ3v) is 5.79. The molecule has 4 rings (SSSR count). The summed E-state index contributed by atoms with van der Waals surface area (Å²) in [5.41, 5.74) is 1.53. The van der Waals surface area contributed by atoms with Gasteiger partial charge in [0.1, 0.15) is 18.7 Å². The molecular weight excluding hydrogens is 437 g/mol. The number of hydrogen-bond donors (Lipinski definition) is 0. The van der Waals surface area contributed by atoms with E-state index in [1.165, 1.54) is 12.7 Å². The van der Waals surface area contributed by atoms with E-state index < -0.39 is 12.7 Å². The first kappa shape index (κ1) is 23.3. The van der Waals surface area contributed by atoms with Crippen molar-refractivity contribution in [3.63, 3.8) is 0 Å². The predicted octanol–water partition coefficient (Wildman–Crippen LogP) is 2.64. The summed E-state index contributed by atoms with van der Waals surface area (Å²) in [4.78, 5) is 25.9. The van der Waals surface area contributed by atoms with Crippen LogP contribution in [0.4, 0.5) is 19.0 Å². The molecule has 1 aliphatic heterocycles. The Morgan fingerprint density at radius 3 is 2.64 bits per heavy atom. The van der Waals surface area contributed by atoms with Crippen LogP contribution < -0.4 is 4.90 Å². The molecule has 0 aliphatic carbocycles. The van der Waals surface area contributed by atoms with Gasteiger partial charge in [0, 0.05) is 39.4 Å². The standard InChI is InChI=1S/C21H27F3N8O/c1-30(9-10-33-2)19-17-20(32(14-27-17)12-21(22,23)24)29-18(28-19)15-4-7-31(8-5-15)11-16-3-6-25-13-26-16/h3,6,13-15H,4-5,7-12H2,1-2H3. The largest absolute Gasteiger partial charge is 0.406 e. The molecule has 9 nitrogen and oxygen atoms in total. The molecule has 0 amide bonds. The summed E-state index contributed by atoms with van der Waals surface area (Å²) in [6, 6.07) is 1.90. The number of aromatic nitrogens is 6. The van der Waals surface area contributed by atoms with Crippen molar-refractivity contribution in [3.8, 4) is 0 Å². The van der Waals surface area contributed by atoms with Crippen LogP contribution in [0.15, 0.2) is 24.9 Å². The molecule has 0 bridgehead atoms. The van der Waals surface area contributed by atoms with Crippen LogP contribution in [0, 0.1) is 0 Å². The third kappa shape index (κ3) is 5.74. The molecule has 12 heteroatoms. The van der Waals surface area contributed by atoms with Crippen molar-refractivity contribution in [2.24, 2.45) is 0 Å².